The van der Waals surface area contributed by atoms with Gasteiger partial charge in [0.05, 0.1) is 10.5 Å². The zero-order valence-corrected chi connectivity index (χ0v) is 14.1. The molecule has 23 heavy (non-hydrogen) atoms. The number of fused-ring (bicyclic) bond motifs is 1. The van der Waals surface area contributed by atoms with Crippen LogP contribution in [0.5, 0.6) is 5.19 Å². The van der Waals surface area contributed by atoms with Gasteiger partial charge in [-0.05, 0) is 25.8 Å². The maximum absolute atomic E-state index is 13.6. The molecule has 0 spiro atoms. The highest BCUT2D eigenvalue weighted by atomic mass is 32.2. The Morgan fingerprint density at radius 1 is 1.35 bits per heavy atom. The van der Waals surface area contributed by atoms with Crippen molar-refractivity contribution >= 4 is 31.6 Å². The molecule has 0 radical (unpaired) electrons. The van der Waals surface area contributed by atoms with E-state index in [0.717, 1.165) is 17.4 Å². The van der Waals surface area contributed by atoms with E-state index >= 15 is 0 Å². The Balaban J connectivity index is 1.68. The molecule has 0 unspecified atom stereocenters. The fourth-order valence-corrected chi connectivity index (χ4v) is 4.59. The van der Waals surface area contributed by atoms with Crippen molar-refractivity contribution in [2.45, 2.75) is 25.9 Å². The minimum atomic E-state index is -3.17. The number of hydrogen-bond acceptors (Lipinski definition) is 5. The molecule has 0 aliphatic carbocycles. The van der Waals surface area contributed by atoms with Gasteiger partial charge in [0.25, 0.3) is 5.19 Å². The quantitative estimate of drug-likeness (QED) is 0.839. The maximum atomic E-state index is 13.6. The van der Waals surface area contributed by atoms with Crippen molar-refractivity contribution in [1.82, 2.24) is 9.29 Å². The molecule has 3 rings (SSSR count). The molecule has 0 N–H and O–H groups in total. The van der Waals surface area contributed by atoms with Gasteiger partial charge in [-0.2, -0.15) is 4.98 Å². The molecule has 1 fully saturated rings. The molecule has 1 aliphatic rings. The molecule has 0 saturated carbocycles. The van der Waals surface area contributed by atoms with Gasteiger partial charge in [-0.15, -0.1) is 0 Å². The lowest BCUT2D eigenvalue weighted by Crippen LogP contribution is -2.42. The third kappa shape index (κ3) is 3.46. The van der Waals surface area contributed by atoms with Gasteiger partial charge in [0, 0.05) is 19.2 Å². The smallest absolute Gasteiger partial charge is 0.274 e. The van der Waals surface area contributed by atoms with Crippen LogP contribution in [0.25, 0.3) is 10.2 Å². The molecule has 1 aliphatic heterocycles. The number of benzene rings is 1. The Hall–Kier alpha value is -1.32. The van der Waals surface area contributed by atoms with Crippen LogP contribution in [0.15, 0.2) is 12.1 Å². The zero-order chi connectivity index (χ0) is 16.6. The average Bonchev–Trinajstić information content (AvgIpc) is 2.90. The van der Waals surface area contributed by atoms with Crippen LogP contribution in [0, 0.1) is 11.6 Å². The number of rotatable bonds is 4. The second kappa shape index (κ2) is 6.29. The summed E-state index contributed by atoms with van der Waals surface area (Å²) in [7, 11) is -3.17. The third-order valence-corrected chi connectivity index (χ3v) is 6.59. The Kier molecular flexibility index (Phi) is 4.52. The largest absolute Gasteiger partial charge is 0.467 e. The maximum Gasteiger partial charge on any atom is 0.274 e. The van der Waals surface area contributed by atoms with Crippen molar-refractivity contribution in [2.24, 2.45) is 0 Å². The topological polar surface area (TPSA) is 59.5 Å². The first-order valence-corrected chi connectivity index (χ1v) is 9.71. The van der Waals surface area contributed by atoms with Crippen LogP contribution in [0.3, 0.4) is 0 Å². The molecule has 1 aromatic carbocycles. The van der Waals surface area contributed by atoms with Gasteiger partial charge < -0.3 is 4.74 Å². The standard InChI is InChI=1S/C14H16F2N2O3S2/c1-2-23(19,20)18-5-3-10(4-6-18)21-14-17-13-11(16)7-9(15)8-12(13)22-14/h7-8,10H,2-6H2,1H3. The summed E-state index contributed by atoms with van der Waals surface area (Å²) in [6, 6.07) is 2.01. The normalized spacial score (nSPS) is 17.7. The summed E-state index contributed by atoms with van der Waals surface area (Å²) in [6.07, 6.45) is 0.921. The second-order valence-corrected chi connectivity index (χ2v) is 8.58. The van der Waals surface area contributed by atoms with Gasteiger partial charge >= 0.3 is 0 Å². The number of piperidine rings is 1. The van der Waals surface area contributed by atoms with E-state index in [0.29, 0.717) is 30.6 Å². The molecule has 1 aromatic heterocycles. The first-order chi connectivity index (χ1) is 10.9. The molecule has 9 heteroatoms. The van der Waals surface area contributed by atoms with Crippen LogP contribution >= 0.6 is 11.3 Å². The van der Waals surface area contributed by atoms with E-state index in [9.17, 15) is 17.2 Å². The molecule has 2 heterocycles. The van der Waals surface area contributed by atoms with Crippen molar-refractivity contribution < 1.29 is 21.9 Å². The van der Waals surface area contributed by atoms with Crippen LogP contribution in [0.2, 0.25) is 0 Å². The Labute approximate surface area is 136 Å². The van der Waals surface area contributed by atoms with Crippen LogP contribution in [0.4, 0.5) is 8.78 Å². The third-order valence-electron chi connectivity index (χ3n) is 3.82. The van der Waals surface area contributed by atoms with Crippen LogP contribution in [0.1, 0.15) is 19.8 Å². The molecule has 1 saturated heterocycles. The summed E-state index contributed by atoms with van der Waals surface area (Å²) in [6.45, 7) is 2.41. The Bertz CT molecular complexity index is 815. The number of sulfonamides is 1. The number of thiazole rings is 1. The fourth-order valence-electron chi connectivity index (χ4n) is 2.54. The van der Waals surface area contributed by atoms with E-state index in [4.69, 9.17) is 4.74 Å². The number of halogens is 2. The van der Waals surface area contributed by atoms with Gasteiger partial charge in [0.2, 0.25) is 10.0 Å². The van der Waals surface area contributed by atoms with E-state index < -0.39 is 21.7 Å². The van der Waals surface area contributed by atoms with Crippen molar-refractivity contribution in [3.05, 3.63) is 23.8 Å². The van der Waals surface area contributed by atoms with E-state index in [1.54, 1.807) is 6.92 Å². The predicted octanol–water partition coefficient (Wildman–Crippen LogP) is 2.77. The molecule has 0 amide bonds. The summed E-state index contributed by atoms with van der Waals surface area (Å²) in [5, 5.41) is 0.279. The lowest BCUT2D eigenvalue weighted by molar-refractivity contribution is 0.135. The van der Waals surface area contributed by atoms with Crippen LogP contribution in [-0.4, -0.2) is 42.7 Å². The fraction of sp³-hybridized carbons (Fsp3) is 0.500. The number of nitrogens with zero attached hydrogens (tertiary/aromatic N) is 2. The lowest BCUT2D eigenvalue weighted by Gasteiger charge is -2.30. The highest BCUT2D eigenvalue weighted by Gasteiger charge is 2.28. The number of ether oxygens (including phenoxy) is 1. The molecule has 0 atom stereocenters. The average molecular weight is 362 g/mol. The SMILES string of the molecule is CCS(=O)(=O)N1CCC(Oc2nc3c(F)cc(F)cc3s2)CC1. The summed E-state index contributed by atoms with van der Waals surface area (Å²) < 4.78 is 58.0. The summed E-state index contributed by atoms with van der Waals surface area (Å²) in [5.41, 5.74) is 0.0948. The highest BCUT2D eigenvalue weighted by molar-refractivity contribution is 7.89. The van der Waals surface area contributed by atoms with Crippen molar-refractivity contribution in [3.8, 4) is 5.19 Å². The van der Waals surface area contributed by atoms with Gasteiger partial charge in [0.1, 0.15) is 17.4 Å². The Morgan fingerprint density at radius 2 is 2.04 bits per heavy atom. The molecule has 126 valence electrons. The monoisotopic (exact) mass is 362 g/mol. The molecule has 2 aromatic rings. The number of hydrogen-bond donors (Lipinski definition) is 0. The summed E-state index contributed by atoms with van der Waals surface area (Å²) in [5.74, 6) is -1.28. The van der Waals surface area contributed by atoms with E-state index in [1.165, 1.54) is 10.4 Å². The predicted molar refractivity (Wildman–Crippen MR) is 84.2 cm³/mol. The molecular formula is C14H16F2N2O3S2. The summed E-state index contributed by atoms with van der Waals surface area (Å²) >= 11 is 1.08. The van der Waals surface area contributed by atoms with E-state index in [2.05, 4.69) is 4.98 Å². The second-order valence-electron chi connectivity index (χ2n) is 5.33. The van der Waals surface area contributed by atoms with Crippen molar-refractivity contribution in [3.63, 3.8) is 0 Å². The van der Waals surface area contributed by atoms with Gasteiger partial charge in [-0.25, -0.2) is 21.5 Å². The van der Waals surface area contributed by atoms with Gasteiger partial charge in [0.15, 0.2) is 5.82 Å². The molecule has 5 nitrogen and oxygen atoms in total. The van der Waals surface area contributed by atoms with Crippen molar-refractivity contribution in [2.75, 3.05) is 18.8 Å². The first-order valence-electron chi connectivity index (χ1n) is 7.29. The summed E-state index contributed by atoms with van der Waals surface area (Å²) in [4.78, 5) is 4.05. The lowest BCUT2D eigenvalue weighted by atomic mass is 10.1. The van der Waals surface area contributed by atoms with Gasteiger partial charge in [-0.3, -0.25) is 0 Å². The van der Waals surface area contributed by atoms with E-state index in [-0.39, 0.29) is 22.6 Å². The minimum absolute atomic E-state index is 0.0846. The number of aromatic nitrogens is 1. The van der Waals surface area contributed by atoms with Crippen LogP contribution < -0.4 is 4.74 Å². The van der Waals surface area contributed by atoms with Crippen molar-refractivity contribution in [1.29, 1.82) is 0 Å². The van der Waals surface area contributed by atoms with Crippen LogP contribution in [-0.2, 0) is 10.0 Å². The molecule has 0 bridgehead atoms. The molecular weight excluding hydrogens is 346 g/mol. The van der Waals surface area contributed by atoms with Gasteiger partial charge in [-0.1, -0.05) is 11.3 Å². The minimum Gasteiger partial charge on any atom is -0.467 e. The van der Waals surface area contributed by atoms with E-state index in [1.807, 2.05) is 0 Å². The first kappa shape index (κ1) is 16.5. The Morgan fingerprint density at radius 3 is 2.70 bits per heavy atom. The highest BCUT2D eigenvalue weighted by Crippen LogP contribution is 2.32. The zero-order valence-electron chi connectivity index (χ0n) is 12.5.